The predicted molar refractivity (Wildman–Crippen MR) is 49.8 cm³/mol. The van der Waals surface area contributed by atoms with Crippen molar-refractivity contribution in [2.24, 2.45) is 5.92 Å². The third-order valence-corrected chi connectivity index (χ3v) is 2.40. The highest BCUT2D eigenvalue weighted by Gasteiger charge is 2.48. The van der Waals surface area contributed by atoms with Crippen LogP contribution in [0.5, 0.6) is 0 Å². The molecule has 0 saturated carbocycles. The number of nitrogens with zero attached hydrogens (tertiary/aromatic N) is 1. The van der Waals surface area contributed by atoms with Crippen LogP contribution in [0, 0.1) is 5.92 Å². The second-order valence-electron chi connectivity index (χ2n) is 3.30. The molecule has 0 aromatic heterocycles. The molecule has 7 heteroatoms. The average Bonchev–Trinajstić information content (AvgIpc) is 2.53. The molecule has 16 heavy (non-hydrogen) atoms. The molecule has 1 aliphatic rings. The van der Waals surface area contributed by atoms with Gasteiger partial charge in [-0.15, -0.1) is 5.06 Å². The Bertz CT molecular complexity index is 307. The predicted octanol–water partition coefficient (Wildman–Crippen LogP) is -0.889. The highest BCUT2D eigenvalue weighted by molar-refractivity contribution is 5.97. The van der Waals surface area contributed by atoms with Gasteiger partial charge in [0.05, 0.1) is 26.7 Å². The molecule has 0 spiro atoms. The summed E-state index contributed by atoms with van der Waals surface area (Å²) in [4.78, 5) is 38.5. The molecule has 0 amide bonds. The summed E-state index contributed by atoms with van der Waals surface area (Å²) in [6, 6.07) is -0.688. The highest BCUT2D eigenvalue weighted by Crippen LogP contribution is 2.25. The van der Waals surface area contributed by atoms with Gasteiger partial charge in [0.25, 0.3) is 0 Å². The highest BCUT2D eigenvalue weighted by atomic mass is 16.7. The maximum atomic E-state index is 11.3. The Morgan fingerprint density at radius 2 is 2.00 bits per heavy atom. The first kappa shape index (κ1) is 12.4. The van der Waals surface area contributed by atoms with Gasteiger partial charge in [0, 0.05) is 7.05 Å². The van der Waals surface area contributed by atoms with Crippen molar-refractivity contribution in [3.63, 3.8) is 0 Å². The lowest BCUT2D eigenvalue weighted by Gasteiger charge is -2.17. The molecule has 1 saturated heterocycles. The van der Waals surface area contributed by atoms with E-state index in [0.29, 0.717) is 0 Å². The molecule has 0 aromatic rings. The summed E-state index contributed by atoms with van der Waals surface area (Å²) in [5.74, 6) is -3.07. The monoisotopic (exact) mass is 231 g/mol. The van der Waals surface area contributed by atoms with Gasteiger partial charge >= 0.3 is 17.9 Å². The van der Waals surface area contributed by atoms with E-state index in [0.717, 1.165) is 0 Å². The Balaban J connectivity index is 2.81. The van der Waals surface area contributed by atoms with E-state index < -0.39 is 29.9 Å². The minimum absolute atomic E-state index is 0.113. The molecule has 0 N–H and O–H groups in total. The second-order valence-corrected chi connectivity index (χ2v) is 3.30. The molecule has 1 rings (SSSR count). The molecule has 0 unspecified atom stereocenters. The SMILES string of the molecule is COC(=O)C[C@@H]1[C@@H](C(=O)OC)C(=O)ON1C. The Labute approximate surface area is 92.2 Å². The summed E-state index contributed by atoms with van der Waals surface area (Å²) in [6.45, 7) is 0. The summed E-state index contributed by atoms with van der Waals surface area (Å²) in [5, 5.41) is 1.17. The number of ether oxygens (including phenoxy) is 2. The van der Waals surface area contributed by atoms with Gasteiger partial charge in [-0.25, -0.2) is 4.79 Å². The van der Waals surface area contributed by atoms with E-state index >= 15 is 0 Å². The van der Waals surface area contributed by atoms with E-state index in [1.165, 1.54) is 26.3 Å². The number of hydroxylamine groups is 2. The van der Waals surface area contributed by atoms with Crippen LogP contribution in [0.2, 0.25) is 0 Å². The van der Waals surface area contributed by atoms with Crippen molar-refractivity contribution >= 4 is 17.9 Å². The van der Waals surface area contributed by atoms with Crippen LogP contribution in [0.3, 0.4) is 0 Å². The van der Waals surface area contributed by atoms with Crippen LogP contribution in [-0.2, 0) is 28.7 Å². The van der Waals surface area contributed by atoms with Crippen LogP contribution in [0.1, 0.15) is 6.42 Å². The van der Waals surface area contributed by atoms with Gasteiger partial charge in [-0.1, -0.05) is 0 Å². The Hall–Kier alpha value is -1.63. The molecule has 0 aromatic carbocycles. The number of carbonyl (C=O) groups is 3. The largest absolute Gasteiger partial charge is 0.469 e. The lowest BCUT2D eigenvalue weighted by atomic mass is 9.98. The van der Waals surface area contributed by atoms with Crippen molar-refractivity contribution in [1.82, 2.24) is 5.06 Å². The van der Waals surface area contributed by atoms with E-state index in [1.807, 2.05) is 0 Å². The van der Waals surface area contributed by atoms with Crippen molar-refractivity contribution in [1.29, 1.82) is 0 Å². The second kappa shape index (κ2) is 4.93. The Morgan fingerprint density at radius 3 is 2.50 bits per heavy atom. The normalized spacial score (nSPS) is 25.1. The smallest absolute Gasteiger partial charge is 0.341 e. The molecule has 1 aliphatic heterocycles. The van der Waals surface area contributed by atoms with Crippen LogP contribution in [0.4, 0.5) is 0 Å². The van der Waals surface area contributed by atoms with E-state index in [4.69, 9.17) is 4.84 Å². The minimum Gasteiger partial charge on any atom is -0.469 e. The van der Waals surface area contributed by atoms with Gasteiger partial charge in [-0.2, -0.15) is 0 Å². The topological polar surface area (TPSA) is 82.1 Å². The molecule has 0 radical (unpaired) electrons. The third-order valence-electron chi connectivity index (χ3n) is 2.40. The molecular weight excluding hydrogens is 218 g/mol. The third kappa shape index (κ3) is 2.30. The van der Waals surface area contributed by atoms with Crippen LogP contribution in [0.25, 0.3) is 0 Å². The summed E-state index contributed by atoms with van der Waals surface area (Å²) in [7, 11) is 3.87. The van der Waals surface area contributed by atoms with Crippen molar-refractivity contribution in [2.75, 3.05) is 21.3 Å². The number of methoxy groups -OCH3 is 2. The summed E-state index contributed by atoms with van der Waals surface area (Å²) in [6.07, 6.45) is -0.113. The number of hydrogen-bond donors (Lipinski definition) is 0. The van der Waals surface area contributed by atoms with Gasteiger partial charge in [0.1, 0.15) is 0 Å². The van der Waals surface area contributed by atoms with Gasteiger partial charge < -0.3 is 14.3 Å². The number of hydrogen-bond acceptors (Lipinski definition) is 7. The van der Waals surface area contributed by atoms with Crippen molar-refractivity contribution in [3.05, 3.63) is 0 Å². The van der Waals surface area contributed by atoms with Crippen molar-refractivity contribution in [2.45, 2.75) is 12.5 Å². The quantitative estimate of drug-likeness (QED) is 0.460. The zero-order chi connectivity index (χ0) is 12.3. The first-order chi connectivity index (χ1) is 7.51. The van der Waals surface area contributed by atoms with Gasteiger partial charge in [0.15, 0.2) is 5.92 Å². The van der Waals surface area contributed by atoms with Crippen LogP contribution >= 0.6 is 0 Å². The van der Waals surface area contributed by atoms with Crippen LogP contribution in [-0.4, -0.2) is 50.3 Å². The minimum atomic E-state index is -1.10. The van der Waals surface area contributed by atoms with Crippen molar-refractivity contribution in [3.8, 4) is 0 Å². The molecule has 2 atom stereocenters. The van der Waals surface area contributed by atoms with Crippen molar-refractivity contribution < 1.29 is 28.7 Å². The van der Waals surface area contributed by atoms with E-state index in [9.17, 15) is 14.4 Å². The lowest BCUT2D eigenvalue weighted by Crippen LogP contribution is -2.36. The average molecular weight is 231 g/mol. The zero-order valence-corrected chi connectivity index (χ0v) is 9.26. The molecule has 1 fully saturated rings. The summed E-state index contributed by atoms with van der Waals surface area (Å²) >= 11 is 0. The van der Waals surface area contributed by atoms with E-state index in [1.54, 1.807) is 0 Å². The molecule has 0 bridgehead atoms. The molecule has 7 nitrogen and oxygen atoms in total. The number of esters is 2. The first-order valence-electron chi connectivity index (χ1n) is 4.60. The Morgan fingerprint density at radius 1 is 1.38 bits per heavy atom. The summed E-state index contributed by atoms with van der Waals surface area (Å²) in [5.41, 5.74) is 0. The molecule has 0 aliphatic carbocycles. The van der Waals surface area contributed by atoms with Crippen LogP contribution < -0.4 is 0 Å². The summed E-state index contributed by atoms with van der Waals surface area (Å²) < 4.78 is 8.95. The van der Waals surface area contributed by atoms with Gasteiger partial charge in [0.2, 0.25) is 0 Å². The number of rotatable bonds is 3. The van der Waals surface area contributed by atoms with Gasteiger partial charge in [-0.05, 0) is 0 Å². The zero-order valence-electron chi connectivity index (χ0n) is 9.26. The maximum Gasteiger partial charge on any atom is 0.341 e. The van der Waals surface area contributed by atoms with E-state index in [2.05, 4.69) is 9.47 Å². The number of carbonyl (C=O) groups excluding carboxylic acids is 3. The van der Waals surface area contributed by atoms with Crippen LogP contribution in [0.15, 0.2) is 0 Å². The fourth-order valence-corrected chi connectivity index (χ4v) is 1.51. The molecule has 90 valence electrons. The Kier molecular flexibility index (Phi) is 3.83. The lowest BCUT2D eigenvalue weighted by molar-refractivity contribution is -0.171. The fraction of sp³-hybridized carbons (Fsp3) is 0.667. The standard InChI is InChI=1S/C9H13NO6/c1-10-5(4-6(11)14-2)7(8(12)15-3)9(13)16-10/h5,7H,4H2,1-3H3/t5-,7+/m1/s1. The maximum absolute atomic E-state index is 11.3. The van der Waals surface area contributed by atoms with Gasteiger partial charge in [-0.3, -0.25) is 9.59 Å². The molecule has 1 heterocycles. The first-order valence-corrected chi connectivity index (χ1v) is 4.60. The fourth-order valence-electron chi connectivity index (χ4n) is 1.51. The van der Waals surface area contributed by atoms with E-state index in [-0.39, 0.29) is 6.42 Å². The molecular formula is C9H13NO6.